The van der Waals surface area contributed by atoms with Crippen LogP contribution in [0.5, 0.6) is 0 Å². The van der Waals surface area contributed by atoms with Gasteiger partial charge in [-0.05, 0) is 36.4 Å². The third-order valence-electron chi connectivity index (χ3n) is 4.16. The second-order valence-electron chi connectivity index (χ2n) is 5.91. The molecule has 4 nitrogen and oxygen atoms in total. The third-order valence-corrected chi connectivity index (χ3v) is 7.29. The molecular weight excluding hydrogens is 409 g/mol. The zero-order valence-electron chi connectivity index (χ0n) is 13.5. The molecule has 0 saturated carbocycles. The van der Waals surface area contributed by atoms with Gasteiger partial charge in [0.15, 0.2) is 0 Å². The molecule has 1 aliphatic heterocycles. The summed E-state index contributed by atoms with van der Waals surface area (Å²) in [5, 5.41) is 0. The fraction of sp³-hybridized carbons (Fsp3) is 0.375. The molecular formula is C16H16ClF3N2O2S2. The van der Waals surface area contributed by atoms with E-state index in [1.165, 1.54) is 15.6 Å². The number of rotatable bonds is 4. The van der Waals surface area contributed by atoms with Crippen molar-refractivity contribution in [3.8, 4) is 0 Å². The van der Waals surface area contributed by atoms with Crippen molar-refractivity contribution in [2.45, 2.75) is 17.6 Å². The van der Waals surface area contributed by atoms with E-state index < -0.39 is 21.8 Å². The van der Waals surface area contributed by atoms with Gasteiger partial charge in [0.05, 0.1) is 14.8 Å². The number of benzene rings is 1. The predicted octanol–water partition coefficient (Wildman–Crippen LogP) is 3.93. The Morgan fingerprint density at radius 3 is 2.12 bits per heavy atom. The minimum atomic E-state index is -4.49. The average Bonchev–Trinajstić information content (AvgIpc) is 2.99. The second kappa shape index (κ2) is 7.47. The molecule has 0 radical (unpaired) electrons. The summed E-state index contributed by atoms with van der Waals surface area (Å²) in [5.74, 6) is 0. The van der Waals surface area contributed by atoms with Crippen LogP contribution in [0.3, 0.4) is 0 Å². The largest absolute Gasteiger partial charge is 0.416 e. The van der Waals surface area contributed by atoms with Crippen LogP contribution in [0.4, 0.5) is 13.2 Å². The van der Waals surface area contributed by atoms with Crippen LogP contribution in [0.1, 0.15) is 10.4 Å². The van der Waals surface area contributed by atoms with Gasteiger partial charge in [0.2, 0.25) is 10.0 Å². The zero-order chi connectivity index (χ0) is 18.9. The van der Waals surface area contributed by atoms with Crippen LogP contribution >= 0.6 is 22.9 Å². The summed E-state index contributed by atoms with van der Waals surface area (Å²) in [6, 6.07) is 7.38. The van der Waals surface area contributed by atoms with Gasteiger partial charge in [0.1, 0.15) is 0 Å². The van der Waals surface area contributed by atoms with Gasteiger partial charge in [0, 0.05) is 37.6 Å². The lowest BCUT2D eigenvalue weighted by Crippen LogP contribution is -2.48. The van der Waals surface area contributed by atoms with Gasteiger partial charge in [-0.2, -0.15) is 17.5 Å². The molecule has 142 valence electrons. The zero-order valence-corrected chi connectivity index (χ0v) is 15.9. The Bertz CT molecular complexity index is 858. The minimum Gasteiger partial charge on any atom is -0.296 e. The lowest BCUT2D eigenvalue weighted by Gasteiger charge is -2.33. The molecule has 2 aromatic rings. The van der Waals surface area contributed by atoms with Crippen LogP contribution in [-0.2, 0) is 22.7 Å². The molecule has 0 unspecified atom stereocenters. The van der Waals surface area contributed by atoms with Crippen molar-refractivity contribution in [3.63, 3.8) is 0 Å². The van der Waals surface area contributed by atoms with E-state index in [1.807, 2.05) is 12.1 Å². The molecule has 0 spiro atoms. The first kappa shape index (κ1) is 19.6. The van der Waals surface area contributed by atoms with Crippen LogP contribution in [0.25, 0.3) is 0 Å². The van der Waals surface area contributed by atoms with Crippen LogP contribution in [0.2, 0.25) is 4.34 Å². The summed E-state index contributed by atoms with van der Waals surface area (Å²) in [5.41, 5.74) is -0.865. The van der Waals surface area contributed by atoms with Crippen molar-refractivity contribution in [1.29, 1.82) is 0 Å². The predicted molar refractivity (Wildman–Crippen MR) is 94.8 cm³/mol. The molecule has 1 saturated heterocycles. The van der Waals surface area contributed by atoms with Crippen molar-refractivity contribution in [1.82, 2.24) is 9.21 Å². The summed E-state index contributed by atoms with van der Waals surface area (Å²) in [6.07, 6.45) is -4.49. The standard InChI is InChI=1S/C16H16ClF3N2O2S2/c17-15-6-3-13(25-15)11-21-7-9-22(10-8-21)26(23,24)14-4-1-12(2-5-14)16(18,19)20/h1-6H,7-11H2. The smallest absolute Gasteiger partial charge is 0.296 e. The first-order chi connectivity index (χ1) is 12.2. The maximum absolute atomic E-state index is 12.6. The number of hydrogen-bond donors (Lipinski definition) is 0. The Hall–Kier alpha value is -1.13. The van der Waals surface area contributed by atoms with Crippen molar-refractivity contribution >= 4 is 33.0 Å². The Morgan fingerprint density at radius 1 is 1.00 bits per heavy atom. The molecule has 1 aromatic carbocycles. The van der Waals surface area contributed by atoms with E-state index in [-0.39, 0.29) is 4.90 Å². The first-order valence-electron chi connectivity index (χ1n) is 7.80. The van der Waals surface area contributed by atoms with Gasteiger partial charge >= 0.3 is 6.18 Å². The lowest BCUT2D eigenvalue weighted by molar-refractivity contribution is -0.137. The Balaban J connectivity index is 1.64. The SMILES string of the molecule is O=S(=O)(c1ccc(C(F)(F)F)cc1)N1CCN(Cc2ccc(Cl)s2)CC1. The number of alkyl halides is 3. The third kappa shape index (κ3) is 4.40. The average molecular weight is 425 g/mol. The molecule has 2 heterocycles. The van der Waals surface area contributed by atoms with Crippen LogP contribution < -0.4 is 0 Å². The molecule has 0 bridgehead atoms. The molecule has 1 aliphatic rings. The van der Waals surface area contributed by atoms with Crippen LogP contribution in [0.15, 0.2) is 41.3 Å². The highest BCUT2D eigenvalue weighted by Crippen LogP contribution is 2.30. The van der Waals surface area contributed by atoms with E-state index in [0.29, 0.717) is 37.1 Å². The summed E-state index contributed by atoms with van der Waals surface area (Å²) < 4.78 is 65.1. The second-order valence-corrected chi connectivity index (χ2v) is 9.65. The van der Waals surface area contributed by atoms with E-state index in [4.69, 9.17) is 11.6 Å². The molecule has 10 heteroatoms. The Morgan fingerprint density at radius 2 is 1.62 bits per heavy atom. The van der Waals surface area contributed by atoms with E-state index in [0.717, 1.165) is 29.1 Å². The minimum absolute atomic E-state index is 0.121. The van der Waals surface area contributed by atoms with Gasteiger partial charge in [-0.1, -0.05) is 11.6 Å². The van der Waals surface area contributed by atoms with E-state index in [1.54, 1.807) is 0 Å². The Kier molecular flexibility index (Phi) is 5.64. The highest BCUT2D eigenvalue weighted by Gasteiger charge is 2.32. The molecule has 3 rings (SSSR count). The van der Waals surface area contributed by atoms with Crippen LogP contribution in [0, 0.1) is 0 Å². The molecule has 1 fully saturated rings. The first-order valence-corrected chi connectivity index (χ1v) is 10.4. The van der Waals surface area contributed by atoms with E-state index >= 15 is 0 Å². The molecule has 0 atom stereocenters. The summed E-state index contributed by atoms with van der Waals surface area (Å²) in [6.45, 7) is 2.39. The number of sulfonamides is 1. The van der Waals surface area contributed by atoms with Gasteiger partial charge in [-0.3, -0.25) is 4.90 Å². The Labute approximate surface area is 158 Å². The van der Waals surface area contributed by atoms with Gasteiger partial charge in [0.25, 0.3) is 0 Å². The molecule has 0 amide bonds. The number of halogens is 4. The van der Waals surface area contributed by atoms with Crippen molar-refractivity contribution in [2.75, 3.05) is 26.2 Å². The summed E-state index contributed by atoms with van der Waals surface area (Å²) >= 11 is 7.40. The van der Waals surface area contributed by atoms with E-state index in [2.05, 4.69) is 4.90 Å². The topological polar surface area (TPSA) is 40.6 Å². The molecule has 0 aliphatic carbocycles. The van der Waals surface area contributed by atoms with Crippen molar-refractivity contribution < 1.29 is 21.6 Å². The fourth-order valence-electron chi connectivity index (χ4n) is 2.75. The quantitative estimate of drug-likeness (QED) is 0.746. The molecule has 26 heavy (non-hydrogen) atoms. The van der Waals surface area contributed by atoms with Gasteiger partial charge in [-0.25, -0.2) is 8.42 Å². The highest BCUT2D eigenvalue weighted by atomic mass is 35.5. The number of piperazine rings is 1. The molecule has 0 N–H and O–H groups in total. The maximum atomic E-state index is 12.6. The highest BCUT2D eigenvalue weighted by molar-refractivity contribution is 7.89. The number of hydrogen-bond acceptors (Lipinski definition) is 4. The normalized spacial score (nSPS) is 17.5. The van der Waals surface area contributed by atoms with Crippen molar-refractivity contribution in [3.05, 3.63) is 51.2 Å². The van der Waals surface area contributed by atoms with Crippen molar-refractivity contribution in [2.24, 2.45) is 0 Å². The summed E-state index contributed by atoms with van der Waals surface area (Å²) in [7, 11) is -3.80. The molecule has 1 aromatic heterocycles. The van der Waals surface area contributed by atoms with Crippen LogP contribution in [-0.4, -0.2) is 43.8 Å². The van der Waals surface area contributed by atoms with Gasteiger partial charge in [-0.15, -0.1) is 11.3 Å². The number of thiophene rings is 1. The summed E-state index contributed by atoms with van der Waals surface area (Å²) in [4.78, 5) is 3.11. The monoisotopic (exact) mass is 424 g/mol. The van der Waals surface area contributed by atoms with Gasteiger partial charge < -0.3 is 0 Å². The van der Waals surface area contributed by atoms with E-state index in [9.17, 15) is 21.6 Å². The maximum Gasteiger partial charge on any atom is 0.416 e. The number of nitrogens with zero attached hydrogens (tertiary/aromatic N) is 2. The fourth-order valence-corrected chi connectivity index (χ4v) is 5.30. The lowest BCUT2D eigenvalue weighted by atomic mass is 10.2.